The van der Waals surface area contributed by atoms with E-state index in [2.05, 4.69) is 0 Å². The molecule has 0 saturated heterocycles. The fourth-order valence-corrected chi connectivity index (χ4v) is 2.53. The molecule has 0 aromatic heterocycles. The summed E-state index contributed by atoms with van der Waals surface area (Å²) in [5.41, 5.74) is 0.340. The molecule has 1 rings (SSSR count). The molecule has 1 aromatic rings. The summed E-state index contributed by atoms with van der Waals surface area (Å²) >= 11 is 6.01. The Morgan fingerprint density at radius 3 is 2.38 bits per heavy atom. The number of benzene rings is 1. The fourth-order valence-electron chi connectivity index (χ4n) is 2.31. The molecule has 0 fully saturated rings. The van der Waals surface area contributed by atoms with Crippen molar-refractivity contribution >= 4 is 17.9 Å². The smallest absolute Gasteiger partial charge is 0.154 e. The molecular formula is C18H25ClO5. The summed E-state index contributed by atoms with van der Waals surface area (Å²) in [5.74, 6) is -0.511. The first-order valence-electron chi connectivity index (χ1n) is 7.74. The predicted molar refractivity (Wildman–Crippen MR) is 93.9 cm³/mol. The summed E-state index contributed by atoms with van der Waals surface area (Å²) < 4.78 is 0. The Morgan fingerprint density at radius 1 is 1.29 bits per heavy atom. The largest absolute Gasteiger partial charge is 0.507 e. The van der Waals surface area contributed by atoms with Crippen molar-refractivity contribution in [1.29, 1.82) is 0 Å². The lowest BCUT2D eigenvalue weighted by Crippen LogP contribution is -2.35. The van der Waals surface area contributed by atoms with Crippen LogP contribution in [-0.4, -0.2) is 38.4 Å². The minimum Gasteiger partial charge on any atom is -0.507 e. The van der Waals surface area contributed by atoms with Crippen LogP contribution in [0.1, 0.15) is 55.1 Å². The Labute approximate surface area is 147 Å². The first kappa shape index (κ1) is 20.5. The van der Waals surface area contributed by atoms with Gasteiger partial charge in [0.25, 0.3) is 0 Å². The zero-order valence-electron chi connectivity index (χ0n) is 14.4. The van der Waals surface area contributed by atoms with Crippen LogP contribution in [0.15, 0.2) is 11.6 Å². The summed E-state index contributed by atoms with van der Waals surface area (Å²) in [7, 11) is 0. The number of halogens is 1. The third kappa shape index (κ3) is 4.72. The average Bonchev–Trinajstić information content (AvgIpc) is 2.50. The maximum absolute atomic E-state index is 11.1. The van der Waals surface area contributed by atoms with Crippen molar-refractivity contribution in [3.63, 3.8) is 0 Å². The normalized spacial score (nSPS) is 13.9. The molecule has 1 atom stereocenters. The highest BCUT2D eigenvalue weighted by Gasteiger charge is 2.24. The van der Waals surface area contributed by atoms with Gasteiger partial charge in [-0.1, -0.05) is 23.3 Å². The van der Waals surface area contributed by atoms with Gasteiger partial charge < -0.3 is 20.4 Å². The van der Waals surface area contributed by atoms with Gasteiger partial charge in [-0.15, -0.1) is 0 Å². The second kappa shape index (κ2) is 8.01. The van der Waals surface area contributed by atoms with E-state index in [4.69, 9.17) is 11.6 Å². The van der Waals surface area contributed by atoms with E-state index >= 15 is 0 Å². The maximum atomic E-state index is 11.1. The van der Waals surface area contributed by atoms with Crippen molar-refractivity contribution in [3.05, 3.63) is 33.4 Å². The van der Waals surface area contributed by atoms with E-state index in [0.717, 1.165) is 5.57 Å². The monoisotopic (exact) mass is 356 g/mol. The molecule has 5 nitrogen and oxygen atoms in total. The Kier molecular flexibility index (Phi) is 6.84. The Bertz CT molecular complexity index is 644. The highest BCUT2D eigenvalue weighted by Crippen LogP contribution is 2.40. The molecule has 0 aliphatic rings. The van der Waals surface area contributed by atoms with Gasteiger partial charge in [0.2, 0.25) is 0 Å². The standard InChI is InChI=1S/C18H25ClO5/c1-10(6-8-14(21)18(3,4)24)5-7-12-16(22)13(9-20)11(2)15(19)17(12)23/h5,9,14,21-24H,6-8H2,1-4H3/b10-5+/t14-/m1/s1. The molecule has 0 radical (unpaired) electrons. The van der Waals surface area contributed by atoms with Crippen molar-refractivity contribution < 1.29 is 25.2 Å². The van der Waals surface area contributed by atoms with Crippen molar-refractivity contribution in [3.8, 4) is 11.5 Å². The van der Waals surface area contributed by atoms with Crippen LogP contribution in [0.5, 0.6) is 11.5 Å². The molecule has 134 valence electrons. The van der Waals surface area contributed by atoms with E-state index in [1.54, 1.807) is 26.8 Å². The number of carbonyl (C=O) groups is 1. The number of aliphatic hydroxyl groups is 2. The summed E-state index contributed by atoms with van der Waals surface area (Å²) in [6, 6.07) is 0. The zero-order valence-corrected chi connectivity index (χ0v) is 15.2. The molecule has 0 saturated carbocycles. The molecule has 0 aliphatic carbocycles. The van der Waals surface area contributed by atoms with Gasteiger partial charge in [0.15, 0.2) is 6.29 Å². The topological polar surface area (TPSA) is 98.0 Å². The predicted octanol–water partition coefficient (Wildman–Crippen LogP) is 3.27. The second-order valence-corrected chi connectivity index (χ2v) is 6.99. The van der Waals surface area contributed by atoms with E-state index < -0.39 is 11.7 Å². The van der Waals surface area contributed by atoms with Gasteiger partial charge in [-0.25, -0.2) is 0 Å². The Hall–Kier alpha value is -1.56. The first-order chi connectivity index (χ1) is 11.0. The summed E-state index contributed by atoms with van der Waals surface area (Å²) in [4.78, 5) is 11.1. The summed E-state index contributed by atoms with van der Waals surface area (Å²) in [5, 5.41) is 39.9. The highest BCUT2D eigenvalue weighted by molar-refractivity contribution is 6.33. The number of aldehydes is 1. The number of hydrogen-bond donors (Lipinski definition) is 4. The molecule has 0 amide bonds. The van der Waals surface area contributed by atoms with E-state index in [-0.39, 0.29) is 34.1 Å². The van der Waals surface area contributed by atoms with Gasteiger partial charge in [-0.2, -0.15) is 0 Å². The van der Waals surface area contributed by atoms with Gasteiger partial charge in [-0.3, -0.25) is 4.79 Å². The molecule has 4 N–H and O–H groups in total. The van der Waals surface area contributed by atoms with E-state index in [0.29, 0.717) is 24.7 Å². The number of aliphatic hydroxyl groups excluding tert-OH is 1. The van der Waals surface area contributed by atoms with Crippen LogP contribution in [0.4, 0.5) is 0 Å². The van der Waals surface area contributed by atoms with Crippen LogP contribution in [0.3, 0.4) is 0 Å². The fraction of sp³-hybridized carbons (Fsp3) is 0.500. The first-order valence-corrected chi connectivity index (χ1v) is 8.12. The lowest BCUT2D eigenvalue weighted by atomic mass is 9.95. The van der Waals surface area contributed by atoms with E-state index in [1.807, 2.05) is 6.92 Å². The molecule has 6 heteroatoms. The zero-order chi connectivity index (χ0) is 18.7. The average molecular weight is 357 g/mol. The lowest BCUT2D eigenvalue weighted by molar-refractivity contribution is -0.0509. The Morgan fingerprint density at radius 2 is 1.88 bits per heavy atom. The quantitative estimate of drug-likeness (QED) is 0.444. The molecular weight excluding hydrogens is 332 g/mol. The minimum absolute atomic E-state index is 0.0494. The van der Waals surface area contributed by atoms with Crippen molar-refractivity contribution in [2.45, 2.75) is 58.7 Å². The van der Waals surface area contributed by atoms with Gasteiger partial charge in [-0.05, 0) is 52.5 Å². The van der Waals surface area contributed by atoms with Gasteiger partial charge in [0.05, 0.1) is 22.3 Å². The van der Waals surface area contributed by atoms with E-state index in [1.165, 1.54) is 0 Å². The van der Waals surface area contributed by atoms with Gasteiger partial charge in [0, 0.05) is 5.56 Å². The van der Waals surface area contributed by atoms with Crippen molar-refractivity contribution in [2.24, 2.45) is 0 Å². The second-order valence-electron chi connectivity index (χ2n) is 6.61. The molecule has 0 aliphatic heterocycles. The van der Waals surface area contributed by atoms with Crippen LogP contribution in [0, 0.1) is 6.92 Å². The van der Waals surface area contributed by atoms with Crippen molar-refractivity contribution in [2.75, 3.05) is 0 Å². The number of phenols is 2. The molecule has 1 aromatic carbocycles. The van der Waals surface area contributed by atoms with Gasteiger partial charge in [0.1, 0.15) is 11.5 Å². The third-order valence-electron chi connectivity index (χ3n) is 4.17. The van der Waals surface area contributed by atoms with Crippen LogP contribution in [0.2, 0.25) is 5.02 Å². The third-order valence-corrected chi connectivity index (χ3v) is 4.63. The van der Waals surface area contributed by atoms with Crippen LogP contribution >= 0.6 is 11.6 Å². The van der Waals surface area contributed by atoms with Crippen LogP contribution < -0.4 is 0 Å². The van der Waals surface area contributed by atoms with Crippen molar-refractivity contribution in [1.82, 2.24) is 0 Å². The van der Waals surface area contributed by atoms with Crippen LogP contribution in [-0.2, 0) is 6.42 Å². The maximum Gasteiger partial charge on any atom is 0.154 e. The molecule has 0 bridgehead atoms. The number of hydrogen-bond acceptors (Lipinski definition) is 5. The number of rotatable bonds is 7. The molecule has 0 spiro atoms. The number of carbonyl (C=O) groups excluding carboxylic acids is 1. The van der Waals surface area contributed by atoms with Gasteiger partial charge >= 0.3 is 0 Å². The number of aromatic hydroxyl groups is 2. The summed E-state index contributed by atoms with van der Waals surface area (Å²) in [6.45, 7) is 6.49. The minimum atomic E-state index is -1.17. The highest BCUT2D eigenvalue weighted by atomic mass is 35.5. The number of phenolic OH excluding ortho intramolecular Hbond substituents is 2. The van der Waals surface area contributed by atoms with Crippen LogP contribution in [0.25, 0.3) is 0 Å². The Balaban J connectivity index is 2.94. The summed E-state index contributed by atoms with van der Waals surface area (Å²) in [6.07, 6.45) is 2.58. The molecule has 24 heavy (non-hydrogen) atoms. The van der Waals surface area contributed by atoms with E-state index in [9.17, 15) is 25.2 Å². The molecule has 0 unspecified atom stereocenters. The number of allylic oxidation sites excluding steroid dienone is 2. The molecule has 0 heterocycles. The lowest BCUT2D eigenvalue weighted by Gasteiger charge is -2.24. The SMILES string of the molecule is C/C(=C\Cc1c(O)c(Cl)c(C)c(C=O)c1O)CC[C@@H](O)C(C)(C)O.